The lowest BCUT2D eigenvalue weighted by Crippen LogP contribution is -2.01. The van der Waals surface area contributed by atoms with E-state index in [-0.39, 0.29) is 0 Å². The first kappa shape index (κ1) is 16.4. The summed E-state index contributed by atoms with van der Waals surface area (Å²) in [6, 6.07) is 8.54. The van der Waals surface area contributed by atoms with Gasteiger partial charge in [0.15, 0.2) is 5.82 Å². The van der Waals surface area contributed by atoms with Crippen LogP contribution in [0, 0.1) is 20.8 Å². The van der Waals surface area contributed by atoms with Crippen LogP contribution in [0.5, 0.6) is 0 Å². The molecule has 0 bridgehead atoms. The minimum Gasteiger partial charge on any atom is -0.363 e. The highest BCUT2D eigenvalue weighted by molar-refractivity contribution is 7.26. The van der Waals surface area contributed by atoms with E-state index in [1.165, 1.54) is 11.1 Å². The number of aryl methyl sites for hydroxylation is 4. The molecule has 3 heterocycles. The molecule has 0 aliphatic carbocycles. The number of anilines is 1. The summed E-state index contributed by atoms with van der Waals surface area (Å²) in [6.45, 7) is 6.85. The summed E-state index contributed by atoms with van der Waals surface area (Å²) in [4.78, 5) is 5.69. The smallest absolute Gasteiger partial charge is 0.166 e. The first-order valence-electron chi connectivity index (χ1n) is 8.17. The van der Waals surface area contributed by atoms with Crippen molar-refractivity contribution in [3.63, 3.8) is 0 Å². The van der Waals surface area contributed by atoms with Gasteiger partial charge in [-0.15, -0.1) is 11.3 Å². The zero-order chi connectivity index (χ0) is 17.7. The predicted octanol–water partition coefficient (Wildman–Crippen LogP) is 5.37. The molecule has 4 nitrogen and oxygen atoms in total. The van der Waals surface area contributed by atoms with E-state index in [4.69, 9.17) is 11.6 Å². The fraction of sp³-hybridized carbons (Fsp3) is 0.263. The first-order valence-corrected chi connectivity index (χ1v) is 9.36. The highest BCUT2D eigenvalue weighted by atomic mass is 35.5. The van der Waals surface area contributed by atoms with Gasteiger partial charge in [0.25, 0.3) is 0 Å². The van der Waals surface area contributed by atoms with Crippen LogP contribution >= 0.6 is 22.9 Å². The van der Waals surface area contributed by atoms with Gasteiger partial charge in [0.1, 0.15) is 4.83 Å². The number of nitrogens with zero attached hydrogens (tertiary/aromatic N) is 3. The van der Waals surface area contributed by atoms with Crippen LogP contribution in [0.15, 0.2) is 24.3 Å². The Kier molecular flexibility index (Phi) is 3.93. The van der Waals surface area contributed by atoms with E-state index in [0.717, 1.165) is 49.1 Å². The fourth-order valence-electron chi connectivity index (χ4n) is 3.13. The van der Waals surface area contributed by atoms with E-state index < -0.39 is 0 Å². The number of thiophene rings is 1. The van der Waals surface area contributed by atoms with Crippen LogP contribution in [-0.2, 0) is 13.6 Å². The van der Waals surface area contributed by atoms with Gasteiger partial charge in [0, 0.05) is 19.0 Å². The normalized spacial score (nSPS) is 11.6. The van der Waals surface area contributed by atoms with Gasteiger partial charge in [-0.05, 0) is 31.9 Å². The second kappa shape index (κ2) is 6.00. The molecular weight excluding hydrogens is 352 g/mol. The van der Waals surface area contributed by atoms with Crippen molar-refractivity contribution in [2.45, 2.75) is 27.3 Å². The Bertz CT molecular complexity index is 1090. The van der Waals surface area contributed by atoms with E-state index in [1.807, 2.05) is 18.7 Å². The SMILES string of the molecule is Cc1ccc(CNc2nn(C)c3c2sc2nc(C)c(Cl)c(C)c23)cc1. The molecule has 0 saturated heterocycles. The second-order valence-electron chi connectivity index (χ2n) is 6.41. The standard InChI is InChI=1S/C19H19ClN4S/c1-10-5-7-13(8-6-10)9-21-18-17-16(24(4)23-18)14-11(2)15(20)12(3)22-19(14)25-17/h5-8H,9H2,1-4H3,(H,21,23). The number of halogens is 1. The van der Waals surface area contributed by atoms with E-state index >= 15 is 0 Å². The molecule has 0 unspecified atom stereocenters. The maximum Gasteiger partial charge on any atom is 0.166 e. The van der Waals surface area contributed by atoms with E-state index in [1.54, 1.807) is 11.3 Å². The second-order valence-corrected chi connectivity index (χ2v) is 7.78. The van der Waals surface area contributed by atoms with Gasteiger partial charge < -0.3 is 5.32 Å². The molecule has 0 fully saturated rings. The number of hydrogen-bond donors (Lipinski definition) is 1. The molecule has 6 heteroatoms. The van der Waals surface area contributed by atoms with Crippen LogP contribution in [0.1, 0.15) is 22.4 Å². The van der Waals surface area contributed by atoms with Crippen LogP contribution in [0.2, 0.25) is 5.02 Å². The molecule has 4 rings (SSSR count). The van der Waals surface area contributed by atoms with Gasteiger partial charge in [-0.25, -0.2) is 4.98 Å². The van der Waals surface area contributed by atoms with Gasteiger partial charge >= 0.3 is 0 Å². The third kappa shape index (κ3) is 2.68. The maximum atomic E-state index is 6.42. The Morgan fingerprint density at radius 1 is 1.16 bits per heavy atom. The molecule has 0 aliphatic heterocycles. The maximum absolute atomic E-state index is 6.42. The number of aromatic nitrogens is 3. The van der Waals surface area contributed by atoms with Crippen LogP contribution in [0.25, 0.3) is 20.4 Å². The number of hydrogen-bond acceptors (Lipinski definition) is 4. The van der Waals surface area contributed by atoms with Crippen LogP contribution in [-0.4, -0.2) is 14.8 Å². The number of nitrogens with one attached hydrogen (secondary N) is 1. The zero-order valence-corrected chi connectivity index (χ0v) is 16.2. The van der Waals surface area contributed by atoms with Crippen molar-refractivity contribution in [2.24, 2.45) is 7.05 Å². The first-order chi connectivity index (χ1) is 12.0. The molecule has 0 radical (unpaired) electrons. The van der Waals surface area contributed by atoms with Gasteiger partial charge in [-0.3, -0.25) is 4.68 Å². The number of benzene rings is 1. The zero-order valence-electron chi connectivity index (χ0n) is 14.6. The summed E-state index contributed by atoms with van der Waals surface area (Å²) < 4.78 is 3.05. The molecule has 25 heavy (non-hydrogen) atoms. The highest BCUT2D eigenvalue weighted by Gasteiger charge is 2.19. The van der Waals surface area contributed by atoms with Crippen molar-refractivity contribution >= 4 is 49.2 Å². The van der Waals surface area contributed by atoms with Crippen molar-refractivity contribution in [3.05, 3.63) is 51.7 Å². The molecule has 1 N–H and O–H groups in total. The van der Waals surface area contributed by atoms with Crippen molar-refractivity contribution in [1.29, 1.82) is 0 Å². The van der Waals surface area contributed by atoms with Gasteiger partial charge in [-0.2, -0.15) is 5.10 Å². The Morgan fingerprint density at radius 2 is 1.88 bits per heavy atom. The molecular formula is C19H19ClN4S. The highest BCUT2D eigenvalue weighted by Crippen LogP contribution is 2.40. The number of fused-ring (bicyclic) bond motifs is 3. The van der Waals surface area contributed by atoms with Crippen LogP contribution in [0.3, 0.4) is 0 Å². The number of pyridine rings is 1. The molecule has 1 aromatic carbocycles. The minimum absolute atomic E-state index is 0.738. The lowest BCUT2D eigenvalue weighted by Gasteiger charge is -2.04. The quantitative estimate of drug-likeness (QED) is 0.527. The van der Waals surface area contributed by atoms with Gasteiger partial charge in [0.2, 0.25) is 0 Å². The Morgan fingerprint density at radius 3 is 2.60 bits per heavy atom. The monoisotopic (exact) mass is 370 g/mol. The summed E-state index contributed by atoms with van der Waals surface area (Å²) in [6.07, 6.45) is 0. The topological polar surface area (TPSA) is 42.7 Å². The van der Waals surface area contributed by atoms with Crippen LogP contribution < -0.4 is 5.32 Å². The molecule has 0 aliphatic rings. The summed E-state index contributed by atoms with van der Waals surface area (Å²) >= 11 is 8.09. The van der Waals surface area contributed by atoms with Crippen molar-refractivity contribution in [1.82, 2.24) is 14.8 Å². The summed E-state index contributed by atoms with van der Waals surface area (Å²) in [5, 5.41) is 9.99. The average Bonchev–Trinajstić information content (AvgIpc) is 3.10. The Labute approximate surface area is 155 Å². The molecule has 0 spiro atoms. The lowest BCUT2D eigenvalue weighted by atomic mass is 10.1. The van der Waals surface area contributed by atoms with Gasteiger partial charge in [-0.1, -0.05) is 41.4 Å². The van der Waals surface area contributed by atoms with Crippen molar-refractivity contribution < 1.29 is 0 Å². The molecule has 0 amide bonds. The van der Waals surface area contributed by atoms with Crippen molar-refractivity contribution in [2.75, 3.05) is 5.32 Å². The van der Waals surface area contributed by atoms with E-state index in [9.17, 15) is 0 Å². The third-order valence-corrected chi connectivity index (χ3v) is 6.16. The lowest BCUT2D eigenvalue weighted by molar-refractivity contribution is 0.799. The summed E-state index contributed by atoms with van der Waals surface area (Å²) in [7, 11) is 1.97. The molecule has 128 valence electrons. The molecule has 4 aromatic rings. The Hall–Kier alpha value is -2.11. The number of rotatable bonds is 3. The van der Waals surface area contributed by atoms with Crippen molar-refractivity contribution in [3.8, 4) is 0 Å². The van der Waals surface area contributed by atoms with E-state index in [0.29, 0.717) is 0 Å². The predicted molar refractivity (Wildman–Crippen MR) is 107 cm³/mol. The van der Waals surface area contributed by atoms with Gasteiger partial charge in [0.05, 0.1) is 20.9 Å². The van der Waals surface area contributed by atoms with E-state index in [2.05, 4.69) is 53.5 Å². The summed E-state index contributed by atoms with van der Waals surface area (Å²) in [5.74, 6) is 0.897. The third-order valence-electron chi connectivity index (χ3n) is 4.52. The average molecular weight is 371 g/mol. The fourth-order valence-corrected chi connectivity index (χ4v) is 4.54. The largest absolute Gasteiger partial charge is 0.363 e. The summed E-state index contributed by atoms with van der Waals surface area (Å²) in [5.41, 5.74) is 5.54. The van der Waals surface area contributed by atoms with Crippen LogP contribution in [0.4, 0.5) is 5.82 Å². The molecule has 0 saturated carbocycles. The molecule has 3 aromatic heterocycles. The minimum atomic E-state index is 0.738. The molecule has 0 atom stereocenters. The Balaban J connectivity index is 1.79.